The van der Waals surface area contributed by atoms with Crippen molar-refractivity contribution in [2.24, 2.45) is 0 Å². The van der Waals surface area contributed by atoms with Gasteiger partial charge in [0.2, 0.25) is 0 Å². The van der Waals surface area contributed by atoms with Gasteiger partial charge in [0.15, 0.2) is 0 Å². The summed E-state index contributed by atoms with van der Waals surface area (Å²) >= 11 is 0. The van der Waals surface area contributed by atoms with Gasteiger partial charge in [0.1, 0.15) is 0 Å². The van der Waals surface area contributed by atoms with Gasteiger partial charge >= 0.3 is 40.6 Å². The summed E-state index contributed by atoms with van der Waals surface area (Å²) in [6, 6.07) is 0. The Morgan fingerprint density at radius 2 is 0.958 bits per heavy atom. The zero-order chi connectivity index (χ0) is 20.1. The Morgan fingerprint density at radius 1 is 0.792 bits per heavy atom. The topological polar surface area (TPSA) is 43.4 Å². The summed E-state index contributed by atoms with van der Waals surface area (Å²) in [4.78, 5) is 0. The number of halogens is 12. The molecule has 0 saturated heterocycles. The average molecular weight is 405 g/mol. The molecular formula is C4H9B3F12LiO3S-3. The van der Waals surface area contributed by atoms with Crippen LogP contribution in [-0.2, 0) is 14.3 Å². The molecule has 0 aliphatic rings. The molecule has 0 spiro atoms. The molecule has 0 atom stereocenters. The average Bonchev–Trinajstić information content (AvgIpc) is 2.09. The molecule has 0 aromatic carbocycles. The maximum atomic E-state index is 10.3. The number of hydrogen-bond donors (Lipinski definition) is 0. The Hall–Kier alpha value is -0.398. The molecular weight excluding hydrogens is 395 g/mol. The van der Waals surface area contributed by atoms with Crippen LogP contribution in [0.25, 0.3) is 0 Å². The first kappa shape index (κ1) is 34.8. The Bertz CT molecular complexity index is 345. The van der Waals surface area contributed by atoms with Crippen LogP contribution < -0.4 is 0 Å². The van der Waals surface area contributed by atoms with Crippen LogP contribution in [0.2, 0.25) is 0 Å². The molecule has 0 unspecified atom stereocenters. The summed E-state index contributed by atoms with van der Waals surface area (Å²) in [5.74, 6) is -0.122. The summed E-state index contributed by atoms with van der Waals surface area (Å²) in [5.41, 5.74) is 0. The van der Waals surface area contributed by atoms with Gasteiger partial charge in [0.05, 0.1) is 12.9 Å². The summed E-state index contributed by atoms with van der Waals surface area (Å²) in [7, 11) is -20.2. The molecule has 3 nitrogen and oxygen atoms in total. The first-order chi connectivity index (χ1) is 9.62. The molecule has 0 N–H and O–H groups in total. The van der Waals surface area contributed by atoms with Gasteiger partial charge in [0.25, 0.3) is 10.1 Å². The van der Waals surface area contributed by atoms with Crippen molar-refractivity contribution in [2.45, 2.75) is 0 Å². The van der Waals surface area contributed by atoms with Gasteiger partial charge in [0, 0.05) is 0 Å². The molecule has 0 fully saturated rings. The molecule has 0 radical (unpaired) electrons. The summed E-state index contributed by atoms with van der Waals surface area (Å²) in [6.45, 7) is 3.23. The van der Waals surface area contributed by atoms with Gasteiger partial charge in [-0.3, -0.25) is 4.18 Å². The van der Waals surface area contributed by atoms with E-state index in [1.165, 1.54) is 6.08 Å². The predicted molar refractivity (Wildman–Crippen MR) is 68.7 cm³/mol. The minimum absolute atomic E-state index is 0. The standard InChI is InChI=1S/C4H8O3S.3BF4.Li.H/c1-3-4-8(5,6)7-2;3*2-1(3,4)5;;/h3H,1,4H2,2H3;;;;;/q;3*-1;;. The monoisotopic (exact) mass is 405 g/mol. The van der Waals surface area contributed by atoms with Crippen molar-refractivity contribution in [1.29, 1.82) is 0 Å². The third-order valence-corrected chi connectivity index (χ3v) is 1.73. The Labute approximate surface area is 141 Å². The Morgan fingerprint density at radius 3 is 1.00 bits per heavy atom. The summed E-state index contributed by atoms with van der Waals surface area (Å²) < 4.78 is 142. The molecule has 0 aliphatic heterocycles. The maximum absolute atomic E-state index is 10.3. The predicted octanol–water partition coefficient (Wildman–Crippen LogP) is 3.40. The normalized spacial score (nSPS) is 11.2. The molecule has 0 aromatic rings. The van der Waals surface area contributed by atoms with Crippen molar-refractivity contribution >= 4 is 50.7 Å². The quantitative estimate of drug-likeness (QED) is 0.313. The third kappa shape index (κ3) is 210. The second-order valence-electron chi connectivity index (χ2n) is 2.66. The molecule has 0 aromatic heterocycles. The summed E-state index contributed by atoms with van der Waals surface area (Å²) in [6.07, 6.45) is 1.28. The molecule has 0 saturated carbocycles. The molecule has 0 bridgehead atoms. The van der Waals surface area contributed by atoms with Crippen LogP contribution in [0.3, 0.4) is 0 Å². The van der Waals surface area contributed by atoms with Crippen LogP contribution >= 0.6 is 0 Å². The van der Waals surface area contributed by atoms with Gasteiger partial charge in [-0.05, 0) is 0 Å². The van der Waals surface area contributed by atoms with E-state index in [-0.39, 0.29) is 24.6 Å². The third-order valence-electron chi connectivity index (χ3n) is 0.576. The van der Waals surface area contributed by atoms with Crippen LogP contribution in [0.15, 0.2) is 12.7 Å². The van der Waals surface area contributed by atoms with Gasteiger partial charge in [-0.2, -0.15) is 8.42 Å². The van der Waals surface area contributed by atoms with Gasteiger partial charge < -0.3 is 51.8 Å². The van der Waals surface area contributed by atoms with E-state index in [9.17, 15) is 60.2 Å². The van der Waals surface area contributed by atoms with Crippen LogP contribution in [0.5, 0.6) is 0 Å². The number of hydrogen-bond acceptors (Lipinski definition) is 3. The van der Waals surface area contributed by atoms with E-state index in [1.807, 2.05) is 0 Å². The van der Waals surface area contributed by atoms with E-state index in [1.54, 1.807) is 0 Å². The minimum atomic E-state index is -6.00. The van der Waals surface area contributed by atoms with Gasteiger partial charge in [-0.15, -0.1) is 6.58 Å². The molecule has 0 heterocycles. The van der Waals surface area contributed by atoms with Crippen LogP contribution in [0.4, 0.5) is 51.8 Å². The Kier molecular flexibility index (Phi) is 21.6. The van der Waals surface area contributed by atoms with Crippen molar-refractivity contribution in [3.8, 4) is 0 Å². The molecule has 146 valence electrons. The van der Waals surface area contributed by atoms with Gasteiger partial charge in [-0.25, -0.2) is 0 Å². The van der Waals surface area contributed by atoms with E-state index < -0.39 is 31.9 Å². The molecule has 20 heteroatoms. The second kappa shape index (κ2) is 14.9. The van der Waals surface area contributed by atoms with Crippen LogP contribution in [-0.4, -0.2) is 61.9 Å². The zero-order valence-electron chi connectivity index (χ0n) is 10.9. The first-order valence-corrected chi connectivity index (χ1v) is 6.21. The molecule has 0 amide bonds. The second-order valence-corrected chi connectivity index (χ2v) is 4.45. The van der Waals surface area contributed by atoms with Crippen molar-refractivity contribution in [3.05, 3.63) is 12.7 Å². The van der Waals surface area contributed by atoms with E-state index in [2.05, 4.69) is 10.8 Å². The SMILES string of the molecule is C=CCS(=O)(=O)OC.F[B-](F)(F)F.F[B-](F)(F)F.F[B-](F)(F)F.[LiH]. The van der Waals surface area contributed by atoms with Crippen molar-refractivity contribution in [3.63, 3.8) is 0 Å². The van der Waals surface area contributed by atoms with Crippen LogP contribution in [0.1, 0.15) is 0 Å². The number of rotatable bonds is 3. The molecule has 24 heavy (non-hydrogen) atoms. The van der Waals surface area contributed by atoms with E-state index >= 15 is 0 Å². The molecule has 0 rings (SSSR count). The molecule has 0 aliphatic carbocycles. The Balaban J connectivity index is -0.0000000677. The van der Waals surface area contributed by atoms with Gasteiger partial charge in [-0.1, -0.05) is 6.08 Å². The van der Waals surface area contributed by atoms with Crippen molar-refractivity contribution in [2.75, 3.05) is 12.9 Å². The van der Waals surface area contributed by atoms with Crippen LogP contribution in [0, 0.1) is 0 Å². The van der Waals surface area contributed by atoms with E-state index in [0.717, 1.165) is 7.11 Å². The zero-order valence-corrected chi connectivity index (χ0v) is 11.7. The van der Waals surface area contributed by atoms with Crippen molar-refractivity contribution in [1.82, 2.24) is 0 Å². The fraction of sp³-hybridized carbons (Fsp3) is 0.500. The fourth-order valence-electron chi connectivity index (χ4n) is 0.212. The van der Waals surface area contributed by atoms with E-state index in [0.29, 0.717) is 0 Å². The fourth-order valence-corrected chi connectivity index (χ4v) is 0.637. The van der Waals surface area contributed by atoms with Crippen molar-refractivity contribution < 1.29 is 64.4 Å². The summed E-state index contributed by atoms with van der Waals surface area (Å²) in [5, 5.41) is 0. The first-order valence-electron chi connectivity index (χ1n) is 4.63. The van der Waals surface area contributed by atoms with E-state index in [4.69, 9.17) is 0 Å².